The predicted molar refractivity (Wildman–Crippen MR) is 78.2 cm³/mol. The summed E-state index contributed by atoms with van der Waals surface area (Å²) in [5, 5.41) is 12.3. The quantitative estimate of drug-likeness (QED) is 0.791. The Morgan fingerprint density at radius 1 is 1.58 bits per heavy atom. The largest absolute Gasteiger partial charge is 0.389 e. The van der Waals surface area contributed by atoms with E-state index in [-0.39, 0.29) is 19.1 Å². The van der Waals surface area contributed by atoms with Gasteiger partial charge in [0, 0.05) is 23.8 Å². The smallest absolute Gasteiger partial charge is 0.238 e. The lowest BCUT2D eigenvalue weighted by Crippen LogP contribution is -2.37. The molecule has 0 aliphatic rings. The Kier molecular flexibility index (Phi) is 7.01. The standard InChI is InChI=1S/C13H19BrN2O3/c1-16(7-12(17)9-19-2)8-13(18)15-11-5-3-4-10(14)6-11/h3-6,12,17H,7-9H2,1-2H3,(H,15,18). The lowest BCUT2D eigenvalue weighted by atomic mass is 10.3. The zero-order valence-corrected chi connectivity index (χ0v) is 12.7. The van der Waals surface area contributed by atoms with Gasteiger partial charge >= 0.3 is 0 Å². The van der Waals surface area contributed by atoms with E-state index in [2.05, 4.69) is 21.2 Å². The third-order valence-corrected chi connectivity index (χ3v) is 2.90. The number of halogens is 1. The molecule has 1 atom stereocenters. The fourth-order valence-corrected chi connectivity index (χ4v) is 2.08. The summed E-state index contributed by atoms with van der Waals surface area (Å²) in [6.07, 6.45) is -0.589. The fourth-order valence-electron chi connectivity index (χ4n) is 1.68. The molecule has 5 nitrogen and oxygen atoms in total. The lowest BCUT2D eigenvalue weighted by Gasteiger charge is -2.19. The summed E-state index contributed by atoms with van der Waals surface area (Å²) in [7, 11) is 3.31. The second kappa shape index (κ2) is 8.27. The molecule has 1 amide bonds. The molecule has 2 N–H and O–H groups in total. The number of aliphatic hydroxyl groups is 1. The van der Waals surface area contributed by atoms with Crippen LogP contribution in [0.1, 0.15) is 0 Å². The normalized spacial score (nSPS) is 12.5. The number of aliphatic hydroxyl groups excluding tert-OH is 1. The van der Waals surface area contributed by atoms with Gasteiger partial charge in [0.2, 0.25) is 5.91 Å². The van der Waals surface area contributed by atoms with E-state index < -0.39 is 6.10 Å². The monoisotopic (exact) mass is 330 g/mol. The number of carbonyl (C=O) groups excluding carboxylic acids is 1. The Hall–Kier alpha value is -0.950. The molecule has 0 aliphatic carbocycles. The minimum atomic E-state index is -0.589. The van der Waals surface area contributed by atoms with Gasteiger partial charge in [-0.15, -0.1) is 0 Å². The zero-order chi connectivity index (χ0) is 14.3. The van der Waals surface area contributed by atoms with Crippen molar-refractivity contribution < 1.29 is 14.6 Å². The first kappa shape index (κ1) is 16.1. The Balaban J connectivity index is 2.38. The third kappa shape index (κ3) is 6.68. The first-order chi connectivity index (χ1) is 9.01. The highest BCUT2D eigenvalue weighted by Gasteiger charge is 2.11. The molecule has 0 aromatic heterocycles. The van der Waals surface area contributed by atoms with E-state index in [1.165, 1.54) is 7.11 Å². The van der Waals surface area contributed by atoms with Gasteiger partial charge in [0.05, 0.1) is 19.3 Å². The molecule has 1 aromatic carbocycles. The van der Waals surface area contributed by atoms with Gasteiger partial charge in [0.25, 0.3) is 0 Å². The van der Waals surface area contributed by atoms with Crippen LogP contribution >= 0.6 is 15.9 Å². The highest BCUT2D eigenvalue weighted by molar-refractivity contribution is 9.10. The summed E-state index contributed by atoms with van der Waals surface area (Å²) >= 11 is 3.34. The predicted octanol–water partition coefficient (Wildman–Crippen LogP) is 1.33. The number of amides is 1. The number of nitrogens with zero attached hydrogens (tertiary/aromatic N) is 1. The summed E-state index contributed by atoms with van der Waals surface area (Å²) in [4.78, 5) is 13.5. The van der Waals surface area contributed by atoms with Crippen LogP contribution in [0.15, 0.2) is 28.7 Å². The van der Waals surface area contributed by atoms with Gasteiger partial charge in [-0.25, -0.2) is 0 Å². The third-order valence-electron chi connectivity index (χ3n) is 2.40. The Morgan fingerprint density at radius 2 is 2.32 bits per heavy atom. The number of likely N-dealkylation sites (N-methyl/N-ethyl adjacent to an activating group) is 1. The minimum Gasteiger partial charge on any atom is -0.389 e. The number of hydrogen-bond acceptors (Lipinski definition) is 4. The summed E-state index contributed by atoms with van der Waals surface area (Å²) in [6, 6.07) is 7.40. The average Bonchev–Trinajstić information content (AvgIpc) is 2.28. The van der Waals surface area contributed by atoms with Crippen molar-refractivity contribution in [2.24, 2.45) is 0 Å². The van der Waals surface area contributed by atoms with E-state index in [0.29, 0.717) is 6.54 Å². The highest BCUT2D eigenvalue weighted by atomic mass is 79.9. The maximum atomic E-state index is 11.8. The van der Waals surface area contributed by atoms with Crippen LogP contribution in [0, 0.1) is 0 Å². The molecule has 1 aromatic rings. The average molecular weight is 331 g/mol. The number of benzene rings is 1. The Labute approximate surface area is 121 Å². The molecule has 0 heterocycles. The summed E-state index contributed by atoms with van der Waals surface area (Å²) in [5.41, 5.74) is 0.741. The fraction of sp³-hybridized carbons (Fsp3) is 0.462. The van der Waals surface area contributed by atoms with Crippen LogP contribution in [0.3, 0.4) is 0 Å². The maximum Gasteiger partial charge on any atom is 0.238 e. The number of rotatable bonds is 7. The number of methoxy groups -OCH3 is 1. The van der Waals surface area contributed by atoms with E-state index >= 15 is 0 Å². The van der Waals surface area contributed by atoms with Crippen LogP contribution in [-0.2, 0) is 9.53 Å². The molecule has 106 valence electrons. The molecule has 0 fully saturated rings. The van der Waals surface area contributed by atoms with Gasteiger partial charge in [0.1, 0.15) is 0 Å². The van der Waals surface area contributed by atoms with Gasteiger partial charge in [-0.3, -0.25) is 9.69 Å². The molecule has 0 bridgehead atoms. The van der Waals surface area contributed by atoms with Crippen LogP contribution in [0.2, 0.25) is 0 Å². The van der Waals surface area contributed by atoms with Crippen molar-refractivity contribution in [2.45, 2.75) is 6.10 Å². The van der Waals surface area contributed by atoms with E-state index in [4.69, 9.17) is 4.74 Å². The van der Waals surface area contributed by atoms with Gasteiger partial charge in [-0.1, -0.05) is 22.0 Å². The molecular formula is C13H19BrN2O3. The van der Waals surface area contributed by atoms with Gasteiger partial charge in [-0.2, -0.15) is 0 Å². The first-order valence-corrected chi connectivity index (χ1v) is 6.71. The van der Waals surface area contributed by atoms with E-state index in [1.807, 2.05) is 24.3 Å². The second-order valence-electron chi connectivity index (χ2n) is 4.36. The van der Waals surface area contributed by atoms with Crippen molar-refractivity contribution in [3.63, 3.8) is 0 Å². The van der Waals surface area contributed by atoms with Gasteiger partial charge < -0.3 is 15.2 Å². The molecule has 0 saturated heterocycles. The summed E-state index contributed by atoms with van der Waals surface area (Å²) in [6.45, 7) is 0.866. The zero-order valence-electron chi connectivity index (χ0n) is 11.1. The molecule has 6 heteroatoms. The Morgan fingerprint density at radius 3 is 2.95 bits per heavy atom. The number of ether oxygens (including phenoxy) is 1. The minimum absolute atomic E-state index is 0.120. The van der Waals surface area contributed by atoms with Crippen LogP contribution in [0.5, 0.6) is 0 Å². The molecule has 19 heavy (non-hydrogen) atoms. The van der Waals surface area contributed by atoms with Crippen LogP contribution in [-0.4, -0.2) is 55.9 Å². The molecule has 1 unspecified atom stereocenters. The van der Waals surface area contributed by atoms with Crippen molar-refractivity contribution in [3.8, 4) is 0 Å². The SMILES string of the molecule is COCC(O)CN(C)CC(=O)Nc1cccc(Br)c1. The first-order valence-electron chi connectivity index (χ1n) is 5.92. The molecule has 1 rings (SSSR count). The van der Waals surface area contributed by atoms with Crippen molar-refractivity contribution in [1.29, 1.82) is 0 Å². The van der Waals surface area contributed by atoms with Crippen LogP contribution in [0.4, 0.5) is 5.69 Å². The number of nitrogens with one attached hydrogen (secondary N) is 1. The number of carbonyl (C=O) groups is 1. The van der Waals surface area contributed by atoms with E-state index in [0.717, 1.165) is 10.2 Å². The summed E-state index contributed by atoms with van der Waals surface area (Å²) in [5.74, 6) is -0.120. The Bertz CT molecular complexity index is 415. The van der Waals surface area contributed by atoms with E-state index in [1.54, 1.807) is 11.9 Å². The van der Waals surface area contributed by atoms with Crippen LogP contribution < -0.4 is 5.32 Å². The highest BCUT2D eigenvalue weighted by Crippen LogP contribution is 2.15. The molecule has 0 spiro atoms. The lowest BCUT2D eigenvalue weighted by molar-refractivity contribution is -0.117. The van der Waals surface area contributed by atoms with Gasteiger partial charge in [-0.05, 0) is 25.2 Å². The van der Waals surface area contributed by atoms with Crippen molar-refractivity contribution in [3.05, 3.63) is 28.7 Å². The van der Waals surface area contributed by atoms with Gasteiger partial charge in [0.15, 0.2) is 0 Å². The second-order valence-corrected chi connectivity index (χ2v) is 5.28. The molecule has 0 radical (unpaired) electrons. The summed E-state index contributed by atoms with van der Waals surface area (Å²) < 4.78 is 5.75. The van der Waals surface area contributed by atoms with Crippen molar-refractivity contribution in [1.82, 2.24) is 4.90 Å². The number of anilines is 1. The molecular weight excluding hydrogens is 312 g/mol. The molecule has 0 aliphatic heterocycles. The molecule has 0 saturated carbocycles. The van der Waals surface area contributed by atoms with Crippen LogP contribution in [0.25, 0.3) is 0 Å². The van der Waals surface area contributed by atoms with Crippen molar-refractivity contribution in [2.75, 3.05) is 39.2 Å². The maximum absolute atomic E-state index is 11.8. The van der Waals surface area contributed by atoms with E-state index in [9.17, 15) is 9.90 Å². The van der Waals surface area contributed by atoms with Crippen molar-refractivity contribution >= 4 is 27.5 Å². The number of hydrogen-bond donors (Lipinski definition) is 2. The topological polar surface area (TPSA) is 61.8 Å².